The second-order valence-corrected chi connectivity index (χ2v) is 15.5. The average molecular weight is 694 g/mol. The van der Waals surface area contributed by atoms with Gasteiger partial charge in [-0.15, -0.1) is 0 Å². The van der Waals surface area contributed by atoms with Gasteiger partial charge in [-0.05, 0) is 83.3 Å². The van der Waals surface area contributed by atoms with E-state index in [1.54, 1.807) is 0 Å². The molecule has 0 spiro atoms. The van der Waals surface area contributed by atoms with Gasteiger partial charge in [0.05, 0.1) is 6.61 Å². The first-order chi connectivity index (χ1) is 23.9. The molecular weight excluding hydrogens is 606 g/mol. The van der Waals surface area contributed by atoms with Crippen molar-refractivity contribution in [1.82, 2.24) is 4.90 Å². The van der Waals surface area contributed by atoms with Crippen molar-refractivity contribution in [2.45, 2.75) is 240 Å². The molecule has 5 nitrogen and oxygen atoms in total. The van der Waals surface area contributed by atoms with Gasteiger partial charge in [0.15, 0.2) is 0 Å². The summed E-state index contributed by atoms with van der Waals surface area (Å²) in [5.41, 5.74) is 0. The third-order valence-electron chi connectivity index (χ3n) is 10.2. The fourth-order valence-electron chi connectivity index (χ4n) is 6.78. The van der Waals surface area contributed by atoms with Crippen LogP contribution in [0, 0.1) is 5.92 Å². The largest absolute Gasteiger partial charge is 0.466 e. The van der Waals surface area contributed by atoms with Crippen LogP contribution in [0.15, 0.2) is 0 Å². The monoisotopic (exact) mass is 694 g/mol. The Labute approximate surface area is 307 Å². The van der Waals surface area contributed by atoms with E-state index in [9.17, 15) is 9.59 Å². The molecule has 0 radical (unpaired) electrons. The molecule has 0 saturated carbocycles. The molecule has 5 heteroatoms. The minimum Gasteiger partial charge on any atom is -0.466 e. The summed E-state index contributed by atoms with van der Waals surface area (Å²) in [5.74, 6) is 0.835. The second kappa shape index (κ2) is 38.1. The van der Waals surface area contributed by atoms with Gasteiger partial charge in [0.25, 0.3) is 0 Å². The maximum atomic E-state index is 12.7. The number of ether oxygens (including phenoxy) is 2. The summed E-state index contributed by atoms with van der Waals surface area (Å²) in [6.07, 6.45) is 36.6. The standard InChI is InChI=1S/C44H87NO4/c1-6-9-11-13-20-26-34-42(35-27-21-14-12-10-7-2)49-44(47)37-29-24-31-39-45(8-3)38-30-23-28-36-43(46)48-40-32-22-18-16-15-17-19-25-33-41(4)5/h41-42H,6-40H2,1-5H3. The molecule has 0 atom stereocenters. The molecule has 49 heavy (non-hydrogen) atoms. The Morgan fingerprint density at radius 1 is 0.469 bits per heavy atom. The topological polar surface area (TPSA) is 55.8 Å². The van der Waals surface area contributed by atoms with E-state index in [4.69, 9.17) is 9.47 Å². The highest BCUT2D eigenvalue weighted by atomic mass is 16.5. The Morgan fingerprint density at radius 2 is 0.878 bits per heavy atom. The highest BCUT2D eigenvalue weighted by molar-refractivity contribution is 5.69. The van der Waals surface area contributed by atoms with Crippen LogP contribution in [-0.2, 0) is 19.1 Å². The molecule has 0 aliphatic heterocycles. The molecule has 0 aliphatic rings. The van der Waals surface area contributed by atoms with Crippen LogP contribution < -0.4 is 0 Å². The third kappa shape index (κ3) is 36.5. The Bertz CT molecular complexity index is 680. The molecule has 0 amide bonds. The van der Waals surface area contributed by atoms with Crippen LogP contribution in [0.25, 0.3) is 0 Å². The fraction of sp³-hybridized carbons (Fsp3) is 0.955. The molecule has 0 aliphatic carbocycles. The quantitative estimate of drug-likeness (QED) is 0.0474. The van der Waals surface area contributed by atoms with E-state index in [0.29, 0.717) is 19.4 Å². The van der Waals surface area contributed by atoms with Crippen molar-refractivity contribution in [2.24, 2.45) is 5.92 Å². The van der Waals surface area contributed by atoms with Gasteiger partial charge in [0, 0.05) is 12.8 Å². The zero-order valence-corrected chi connectivity index (χ0v) is 34.0. The van der Waals surface area contributed by atoms with Crippen LogP contribution in [0.1, 0.15) is 234 Å². The second-order valence-electron chi connectivity index (χ2n) is 15.5. The maximum Gasteiger partial charge on any atom is 0.306 e. The van der Waals surface area contributed by atoms with Crippen molar-refractivity contribution in [3.05, 3.63) is 0 Å². The van der Waals surface area contributed by atoms with Crippen molar-refractivity contribution >= 4 is 11.9 Å². The Hall–Kier alpha value is -1.10. The summed E-state index contributed by atoms with van der Waals surface area (Å²) in [4.78, 5) is 27.3. The smallest absolute Gasteiger partial charge is 0.306 e. The lowest BCUT2D eigenvalue weighted by Gasteiger charge is -2.20. The molecule has 0 aromatic rings. The lowest BCUT2D eigenvalue weighted by molar-refractivity contribution is -0.150. The van der Waals surface area contributed by atoms with Crippen molar-refractivity contribution in [3.63, 3.8) is 0 Å². The highest BCUT2D eigenvalue weighted by Crippen LogP contribution is 2.18. The Morgan fingerprint density at radius 3 is 1.35 bits per heavy atom. The number of hydrogen-bond acceptors (Lipinski definition) is 5. The summed E-state index contributed by atoms with van der Waals surface area (Å²) in [7, 11) is 0. The van der Waals surface area contributed by atoms with E-state index in [2.05, 4.69) is 39.5 Å². The van der Waals surface area contributed by atoms with Crippen LogP contribution in [0.4, 0.5) is 0 Å². The fourth-order valence-corrected chi connectivity index (χ4v) is 6.78. The van der Waals surface area contributed by atoms with Crippen molar-refractivity contribution in [2.75, 3.05) is 26.2 Å². The van der Waals surface area contributed by atoms with Crippen LogP contribution in [0.5, 0.6) is 0 Å². The molecular formula is C44H87NO4. The number of nitrogens with zero attached hydrogens (tertiary/aromatic N) is 1. The van der Waals surface area contributed by atoms with Crippen LogP contribution >= 0.6 is 0 Å². The SMILES string of the molecule is CCCCCCCCC(CCCCCCCC)OC(=O)CCCCCN(CC)CCCCCC(=O)OCCCCCCCCCCC(C)C. The molecule has 0 rings (SSSR count). The van der Waals surface area contributed by atoms with E-state index < -0.39 is 0 Å². The summed E-state index contributed by atoms with van der Waals surface area (Å²) in [6, 6.07) is 0. The predicted octanol–water partition coefficient (Wildman–Crippen LogP) is 13.6. The first kappa shape index (κ1) is 47.9. The molecule has 0 aromatic carbocycles. The average Bonchev–Trinajstić information content (AvgIpc) is 3.08. The summed E-state index contributed by atoms with van der Waals surface area (Å²) in [6.45, 7) is 15.2. The van der Waals surface area contributed by atoms with Crippen molar-refractivity contribution < 1.29 is 19.1 Å². The predicted molar refractivity (Wildman–Crippen MR) is 212 cm³/mol. The number of carbonyl (C=O) groups is 2. The zero-order valence-electron chi connectivity index (χ0n) is 34.0. The highest BCUT2D eigenvalue weighted by Gasteiger charge is 2.14. The first-order valence-electron chi connectivity index (χ1n) is 22.0. The minimum absolute atomic E-state index is 0.0195. The maximum absolute atomic E-state index is 12.7. The van der Waals surface area contributed by atoms with E-state index in [1.807, 2.05) is 0 Å². The van der Waals surface area contributed by atoms with Gasteiger partial charge < -0.3 is 14.4 Å². The number of unbranched alkanes of at least 4 members (excludes halogenated alkanes) is 21. The van der Waals surface area contributed by atoms with E-state index in [-0.39, 0.29) is 18.0 Å². The van der Waals surface area contributed by atoms with Gasteiger partial charge >= 0.3 is 11.9 Å². The van der Waals surface area contributed by atoms with Crippen LogP contribution in [0.3, 0.4) is 0 Å². The van der Waals surface area contributed by atoms with Gasteiger partial charge in [-0.3, -0.25) is 9.59 Å². The number of esters is 2. The van der Waals surface area contributed by atoms with Crippen LogP contribution in [-0.4, -0.2) is 49.2 Å². The van der Waals surface area contributed by atoms with Gasteiger partial charge in [0.2, 0.25) is 0 Å². The lowest BCUT2D eigenvalue weighted by atomic mass is 10.0. The van der Waals surface area contributed by atoms with Gasteiger partial charge in [-0.25, -0.2) is 0 Å². The van der Waals surface area contributed by atoms with Crippen molar-refractivity contribution in [3.8, 4) is 0 Å². The summed E-state index contributed by atoms with van der Waals surface area (Å²) >= 11 is 0. The normalized spacial score (nSPS) is 11.7. The first-order valence-corrected chi connectivity index (χ1v) is 22.0. The van der Waals surface area contributed by atoms with Gasteiger partial charge in [-0.1, -0.05) is 163 Å². The molecule has 0 saturated heterocycles. The Kier molecular flexibility index (Phi) is 37.3. The molecule has 292 valence electrons. The molecule has 0 unspecified atom stereocenters. The number of carbonyl (C=O) groups excluding carboxylic acids is 2. The molecule has 0 fully saturated rings. The molecule has 0 N–H and O–H groups in total. The van der Waals surface area contributed by atoms with E-state index >= 15 is 0 Å². The number of hydrogen-bond donors (Lipinski definition) is 0. The van der Waals surface area contributed by atoms with Gasteiger partial charge in [0.1, 0.15) is 6.10 Å². The Balaban J connectivity index is 3.90. The van der Waals surface area contributed by atoms with E-state index in [1.165, 1.54) is 128 Å². The van der Waals surface area contributed by atoms with Crippen molar-refractivity contribution in [1.29, 1.82) is 0 Å². The zero-order chi connectivity index (χ0) is 36.0. The van der Waals surface area contributed by atoms with E-state index in [0.717, 1.165) is 83.3 Å². The minimum atomic E-state index is -0.0211. The molecule has 0 bridgehead atoms. The van der Waals surface area contributed by atoms with Gasteiger partial charge in [-0.2, -0.15) is 0 Å². The molecule has 0 heterocycles. The number of rotatable bonds is 39. The lowest BCUT2D eigenvalue weighted by Crippen LogP contribution is -2.25. The van der Waals surface area contributed by atoms with Crippen LogP contribution in [0.2, 0.25) is 0 Å². The summed E-state index contributed by atoms with van der Waals surface area (Å²) in [5, 5.41) is 0. The molecule has 0 aromatic heterocycles. The third-order valence-corrected chi connectivity index (χ3v) is 10.2. The summed E-state index contributed by atoms with van der Waals surface area (Å²) < 4.78 is 11.5.